The largest absolute Gasteiger partial charge is 0.481 e. The molecule has 0 saturated heterocycles. The summed E-state index contributed by atoms with van der Waals surface area (Å²) in [6.07, 6.45) is 5.24. The van der Waals surface area contributed by atoms with Crippen LogP contribution in [-0.4, -0.2) is 11.6 Å². The maximum atomic E-state index is 5.55. The molecule has 1 heterocycles. The first kappa shape index (κ1) is 15.6. The molecule has 2 aromatic rings. The molecule has 1 aromatic heterocycles. The highest BCUT2D eigenvalue weighted by molar-refractivity contribution is 9.10. The molecule has 0 fully saturated rings. The van der Waals surface area contributed by atoms with E-state index < -0.39 is 0 Å². The van der Waals surface area contributed by atoms with Crippen LogP contribution >= 0.6 is 15.9 Å². The first-order chi connectivity index (χ1) is 10.2. The number of hydrogen-bond donors (Lipinski definition) is 1. The second kappa shape index (κ2) is 7.82. The summed E-state index contributed by atoms with van der Waals surface area (Å²) < 4.78 is 6.57. The maximum absolute atomic E-state index is 5.55. The number of aromatic nitrogens is 1. The fourth-order valence-electron chi connectivity index (χ4n) is 1.97. The summed E-state index contributed by atoms with van der Waals surface area (Å²) in [6.45, 7) is 3.66. The molecule has 0 aliphatic heterocycles. The Hall–Kier alpha value is -1.83. The minimum absolute atomic E-state index is 0.272. The Morgan fingerprint density at radius 1 is 1.29 bits per heavy atom. The smallest absolute Gasteiger partial charge is 0.148 e. The molecule has 0 amide bonds. The molecule has 1 aromatic carbocycles. The van der Waals surface area contributed by atoms with Gasteiger partial charge in [-0.2, -0.15) is 0 Å². The van der Waals surface area contributed by atoms with E-state index in [0.717, 1.165) is 27.2 Å². The molecule has 2 rings (SSSR count). The highest BCUT2D eigenvalue weighted by Crippen LogP contribution is 2.23. The summed E-state index contributed by atoms with van der Waals surface area (Å²) >= 11 is 3.47. The fraction of sp³-hybridized carbons (Fsp3) is 0.235. The van der Waals surface area contributed by atoms with E-state index in [1.807, 2.05) is 43.3 Å². The number of aryl methyl sites for hydroxylation is 1. The summed E-state index contributed by atoms with van der Waals surface area (Å²) in [6, 6.07) is 11.9. The van der Waals surface area contributed by atoms with Crippen LogP contribution in [0.3, 0.4) is 0 Å². The van der Waals surface area contributed by atoms with E-state index in [0.29, 0.717) is 13.1 Å². The predicted molar refractivity (Wildman–Crippen MR) is 88.0 cm³/mol. The molecular weight excluding hydrogens is 328 g/mol. The van der Waals surface area contributed by atoms with Crippen LogP contribution in [0.1, 0.15) is 17.0 Å². The van der Waals surface area contributed by atoms with Gasteiger partial charge in [-0.1, -0.05) is 27.9 Å². The highest BCUT2D eigenvalue weighted by Gasteiger charge is 2.05. The summed E-state index contributed by atoms with van der Waals surface area (Å²) in [5.74, 6) is 3.29. The van der Waals surface area contributed by atoms with E-state index in [1.165, 1.54) is 0 Å². The molecule has 108 valence electrons. The Morgan fingerprint density at radius 2 is 2.14 bits per heavy atom. The zero-order valence-corrected chi connectivity index (χ0v) is 13.5. The monoisotopic (exact) mass is 344 g/mol. The van der Waals surface area contributed by atoms with Gasteiger partial charge in [-0.25, -0.2) is 0 Å². The summed E-state index contributed by atoms with van der Waals surface area (Å²) in [5, 5.41) is 3.37. The number of rotatable bonds is 6. The van der Waals surface area contributed by atoms with Crippen molar-refractivity contribution in [3.05, 3.63) is 57.8 Å². The molecular formula is C17H17BrN2O. The first-order valence-electron chi connectivity index (χ1n) is 6.67. The summed E-state index contributed by atoms with van der Waals surface area (Å²) in [7, 11) is 0. The quantitative estimate of drug-likeness (QED) is 0.815. The number of pyridine rings is 1. The average molecular weight is 345 g/mol. The van der Waals surface area contributed by atoms with Gasteiger partial charge in [-0.15, -0.1) is 6.42 Å². The lowest BCUT2D eigenvalue weighted by molar-refractivity contribution is 0.364. The standard InChI is InChI=1S/C17H17BrN2O/c1-3-9-21-17-8-7-15(18)10-14(17)11-19-12-16-6-4-5-13(2)20-16/h1,4-8,10,19H,9,11-12H2,2H3. The van der Waals surface area contributed by atoms with Gasteiger partial charge < -0.3 is 10.1 Å². The lowest BCUT2D eigenvalue weighted by Gasteiger charge is -2.11. The van der Waals surface area contributed by atoms with Crippen molar-refractivity contribution in [2.45, 2.75) is 20.0 Å². The van der Waals surface area contributed by atoms with Crippen molar-refractivity contribution in [2.75, 3.05) is 6.61 Å². The Balaban J connectivity index is 1.99. The van der Waals surface area contributed by atoms with Crippen LogP contribution < -0.4 is 10.1 Å². The van der Waals surface area contributed by atoms with Crippen molar-refractivity contribution in [3.8, 4) is 18.1 Å². The zero-order valence-electron chi connectivity index (χ0n) is 11.9. The third-order valence-corrected chi connectivity index (χ3v) is 3.39. The van der Waals surface area contributed by atoms with Gasteiger partial charge in [0.2, 0.25) is 0 Å². The predicted octanol–water partition coefficient (Wildman–Crippen LogP) is 3.45. The number of nitrogens with one attached hydrogen (secondary N) is 1. The van der Waals surface area contributed by atoms with Gasteiger partial charge in [0.15, 0.2) is 0 Å². The minimum Gasteiger partial charge on any atom is -0.481 e. The third kappa shape index (κ3) is 4.89. The summed E-state index contributed by atoms with van der Waals surface area (Å²) in [4.78, 5) is 4.46. The Kier molecular flexibility index (Phi) is 5.79. The molecule has 0 radical (unpaired) electrons. The molecule has 1 N–H and O–H groups in total. The van der Waals surface area contributed by atoms with Crippen molar-refractivity contribution in [1.82, 2.24) is 10.3 Å². The molecule has 0 bridgehead atoms. The van der Waals surface area contributed by atoms with Gasteiger partial charge in [-0.05, 0) is 37.3 Å². The molecule has 3 nitrogen and oxygen atoms in total. The van der Waals surface area contributed by atoms with Crippen LogP contribution in [0.25, 0.3) is 0 Å². The Morgan fingerprint density at radius 3 is 2.90 bits per heavy atom. The van der Waals surface area contributed by atoms with Gasteiger partial charge >= 0.3 is 0 Å². The van der Waals surface area contributed by atoms with Crippen molar-refractivity contribution >= 4 is 15.9 Å². The molecule has 4 heteroatoms. The molecule has 0 aliphatic carbocycles. The minimum atomic E-state index is 0.272. The van der Waals surface area contributed by atoms with Crippen LogP contribution in [0.4, 0.5) is 0 Å². The van der Waals surface area contributed by atoms with E-state index >= 15 is 0 Å². The molecule has 0 saturated carbocycles. The number of benzene rings is 1. The topological polar surface area (TPSA) is 34.1 Å². The van der Waals surface area contributed by atoms with Crippen LogP contribution in [-0.2, 0) is 13.1 Å². The molecule has 0 unspecified atom stereocenters. The zero-order chi connectivity index (χ0) is 15.1. The Bertz CT molecular complexity index is 649. The molecule has 0 aliphatic rings. The maximum Gasteiger partial charge on any atom is 0.148 e. The van der Waals surface area contributed by atoms with E-state index in [2.05, 4.69) is 32.2 Å². The first-order valence-corrected chi connectivity index (χ1v) is 7.46. The second-order valence-corrected chi connectivity index (χ2v) is 5.53. The van der Waals surface area contributed by atoms with Crippen LogP contribution in [0.5, 0.6) is 5.75 Å². The number of hydrogen-bond acceptors (Lipinski definition) is 3. The molecule has 21 heavy (non-hydrogen) atoms. The van der Waals surface area contributed by atoms with E-state index in [-0.39, 0.29) is 6.61 Å². The van der Waals surface area contributed by atoms with E-state index in [9.17, 15) is 0 Å². The molecule has 0 spiro atoms. The lowest BCUT2D eigenvalue weighted by atomic mass is 10.2. The van der Waals surface area contributed by atoms with E-state index in [1.54, 1.807) is 0 Å². The Labute approximate surface area is 133 Å². The van der Waals surface area contributed by atoms with Crippen molar-refractivity contribution in [1.29, 1.82) is 0 Å². The number of ether oxygens (including phenoxy) is 1. The third-order valence-electron chi connectivity index (χ3n) is 2.90. The van der Waals surface area contributed by atoms with Gasteiger partial charge in [0.25, 0.3) is 0 Å². The van der Waals surface area contributed by atoms with Crippen molar-refractivity contribution in [3.63, 3.8) is 0 Å². The molecule has 0 atom stereocenters. The van der Waals surface area contributed by atoms with Crippen LogP contribution in [0.2, 0.25) is 0 Å². The normalized spacial score (nSPS) is 10.1. The lowest BCUT2D eigenvalue weighted by Crippen LogP contribution is -2.15. The van der Waals surface area contributed by atoms with Gasteiger partial charge in [0.05, 0.1) is 5.69 Å². The van der Waals surface area contributed by atoms with Crippen molar-refractivity contribution in [2.24, 2.45) is 0 Å². The number of terminal acetylenes is 1. The number of nitrogens with zero attached hydrogens (tertiary/aromatic N) is 1. The van der Waals surface area contributed by atoms with Crippen molar-refractivity contribution < 1.29 is 4.74 Å². The number of halogens is 1. The fourth-order valence-corrected chi connectivity index (χ4v) is 2.38. The second-order valence-electron chi connectivity index (χ2n) is 4.62. The SMILES string of the molecule is C#CCOc1ccc(Br)cc1CNCc1cccc(C)n1. The van der Waals surface area contributed by atoms with Gasteiger partial charge in [-0.3, -0.25) is 4.98 Å². The van der Waals surface area contributed by atoms with E-state index in [4.69, 9.17) is 11.2 Å². The van der Waals surface area contributed by atoms with Crippen LogP contribution in [0.15, 0.2) is 40.9 Å². The average Bonchev–Trinajstić information content (AvgIpc) is 2.46. The van der Waals surface area contributed by atoms with Gasteiger partial charge in [0.1, 0.15) is 12.4 Å². The van der Waals surface area contributed by atoms with Crippen LogP contribution in [0, 0.1) is 19.3 Å². The summed E-state index contributed by atoms with van der Waals surface area (Å²) in [5.41, 5.74) is 3.11. The highest BCUT2D eigenvalue weighted by atomic mass is 79.9. The van der Waals surface area contributed by atoms with Gasteiger partial charge in [0, 0.05) is 28.8 Å².